The number of Topliss-reactive ketones (excluding diaryl/α,β-unsaturated/α-hetero) is 1. The second-order valence-corrected chi connectivity index (χ2v) is 7.00. The van der Waals surface area contributed by atoms with Crippen molar-refractivity contribution in [2.75, 3.05) is 0 Å². The normalized spacial score (nSPS) is 13.5. The fraction of sp³-hybridized carbons (Fsp3) is 0.300. The second kappa shape index (κ2) is 6.18. The highest BCUT2D eigenvalue weighted by atomic mass is 35.6. The molecule has 0 radical (unpaired) electrons. The minimum absolute atomic E-state index is 0.126. The fourth-order valence-corrected chi connectivity index (χ4v) is 1.99. The molecule has 0 unspecified atom stereocenters. The number of hydrogen-bond acceptors (Lipinski definition) is 1. The van der Waals surface area contributed by atoms with Crippen molar-refractivity contribution in [3.8, 4) is 0 Å². The number of ketones is 1. The summed E-state index contributed by atoms with van der Waals surface area (Å²) < 4.78 is -1.70. The number of carbonyl (C=O) groups excluding carboxylic acids is 1. The number of hydrogen-bond donors (Lipinski definition) is 0. The molecular formula is C10H6Cl6O. The Bertz CT molecular complexity index is 425. The zero-order chi connectivity index (χ0) is 13.2. The number of benzene rings is 1. The predicted molar refractivity (Wildman–Crippen MR) is 75.3 cm³/mol. The van der Waals surface area contributed by atoms with Gasteiger partial charge in [0.25, 0.3) is 0 Å². The molecule has 0 fully saturated rings. The standard InChI is InChI=1S/C10H6Cl6O/c11-5-1-2-6(7(12)3-5)8(17)4-9(13)10(14,15)16/h1-3,9H,4H2/t9-/m1/s1. The van der Waals surface area contributed by atoms with Crippen molar-refractivity contribution in [2.24, 2.45) is 0 Å². The summed E-state index contributed by atoms with van der Waals surface area (Å²) in [5, 5.41) is -0.238. The first kappa shape index (κ1) is 15.7. The van der Waals surface area contributed by atoms with E-state index in [0.29, 0.717) is 10.6 Å². The van der Waals surface area contributed by atoms with Crippen LogP contribution in [0.3, 0.4) is 0 Å². The lowest BCUT2D eigenvalue weighted by atomic mass is 10.1. The highest BCUT2D eigenvalue weighted by molar-refractivity contribution is 6.70. The van der Waals surface area contributed by atoms with Crippen molar-refractivity contribution in [3.63, 3.8) is 0 Å². The van der Waals surface area contributed by atoms with Gasteiger partial charge in [-0.25, -0.2) is 0 Å². The van der Waals surface area contributed by atoms with E-state index in [1.807, 2.05) is 0 Å². The molecular weight excluding hydrogens is 349 g/mol. The van der Waals surface area contributed by atoms with Gasteiger partial charge in [0.05, 0.1) is 10.4 Å². The van der Waals surface area contributed by atoms with E-state index in [-0.39, 0.29) is 17.2 Å². The monoisotopic (exact) mass is 352 g/mol. The summed E-state index contributed by atoms with van der Waals surface area (Å²) in [5.41, 5.74) is 0.302. The molecule has 1 atom stereocenters. The van der Waals surface area contributed by atoms with Crippen LogP contribution in [0.5, 0.6) is 0 Å². The van der Waals surface area contributed by atoms with E-state index in [4.69, 9.17) is 69.6 Å². The minimum atomic E-state index is -1.70. The molecule has 17 heavy (non-hydrogen) atoms. The summed E-state index contributed by atoms with van der Waals surface area (Å²) >= 11 is 34.1. The Balaban J connectivity index is 2.84. The first-order chi connectivity index (χ1) is 7.71. The SMILES string of the molecule is O=C(C[C@@H](Cl)C(Cl)(Cl)Cl)c1ccc(Cl)cc1Cl. The zero-order valence-corrected chi connectivity index (χ0v) is 12.7. The number of rotatable bonds is 3. The Morgan fingerprint density at radius 1 is 1.24 bits per heavy atom. The molecule has 0 aliphatic rings. The highest BCUT2D eigenvalue weighted by Gasteiger charge is 2.33. The number of halogens is 6. The van der Waals surface area contributed by atoms with E-state index in [1.165, 1.54) is 12.1 Å². The molecule has 0 spiro atoms. The van der Waals surface area contributed by atoms with Crippen LogP contribution in [-0.2, 0) is 0 Å². The zero-order valence-electron chi connectivity index (χ0n) is 8.19. The van der Waals surface area contributed by atoms with Crippen LogP contribution in [0.2, 0.25) is 10.0 Å². The largest absolute Gasteiger partial charge is 0.294 e. The summed E-state index contributed by atoms with van der Waals surface area (Å²) in [4.78, 5) is 11.8. The van der Waals surface area contributed by atoms with Crippen molar-refractivity contribution in [3.05, 3.63) is 33.8 Å². The highest BCUT2D eigenvalue weighted by Crippen LogP contribution is 2.36. The van der Waals surface area contributed by atoms with Crippen molar-refractivity contribution >= 4 is 75.4 Å². The van der Waals surface area contributed by atoms with Gasteiger partial charge >= 0.3 is 0 Å². The Morgan fingerprint density at radius 2 is 1.82 bits per heavy atom. The van der Waals surface area contributed by atoms with Crippen LogP contribution < -0.4 is 0 Å². The molecule has 7 heteroatoms. The Hall–Kier alpha value is 0.630. The first-order valence-corrected chi connectivity index (χ1v) is 6.73. The van der Waals surface area contributed by atoms with Gasteiger partial charge in [-0.1, -0.05) is 58.0 Å². The number of alkyl halides is 4. The van der Waals surface area contributed by atoms with Gasteiger partial charge in [0.2, 0.25) is 3.79 Å². The van der Waals surface area contributed by atoms with Crippen LogP contribution in [0.15, 0.2) is 18.2 Å². The summed E-state index contributed by atoms with van der Waals surface area (Å²) in [6.07, 6.45) is -0.126. The van der Waals surface area contributed by atoms with Crippen LogP contribution in [-0.4, -0.2) is 15.0 Å². The molecule has 0 aliphatic heterocycles. The smallest absolute Gasteiger partial charge is 0.207 e. The maximum absolute atomic E-state index is 11.8. The van der Waals surface area contributed by atoms with Crippen molar-refractivity contribution in [2.45, 2.75) is 15.6 Å². The van der Waals surface area contributed by atoms with E-state index in [2.05, 4.69) is 0 Å². The van der Waals surface area contributed by atoms with Gasteiger partial charge in [-0.3, -0.25) is 4.79 Å². The second-order valence-electron chi connectivity index (χ2n) is 3.26. The molecule has 0 bridgehead atoms. The molecule has 1 nitrogen and oxygen atoms in total. The molecule has 0 N–H and O–H groups in total. The molecule has 94 valence electrons. The van der Waals surface area contributed by atoms with E-state index in [9.17, 15) is 4.79 Å². The lowest BCUT2D eigenvalue weighted by Crippen LogP contribution is -2.23. The van der Waals surface area contributed by atoms with E-state index >= 15 is 0 Å². The molecule has 0 heterocycles. The average molecular weight is 355 g/mol. The summed E-state index contributed by atoms with van der Waals surface area (Å²) in [6, 6.07) is 4.53. The van der Waals surface area contributed by atoms with Gasteiger partial charge in [0.1, 0.15) is 0 Å². The topological polar surface area (TPSA) is 17.1 Å². The van der Waals surface area contributed by atoms with E-state index < -0.39 is 9.17 Å². The fourth-order valence-electron chi connectivity index (χ4n) is 1.10. The average Bonchev–Trinajstić information content (AvgIpc) is 2.15. The van der Waals surface area contributed by atoms with Crippen LogP contribution in [0.4, 0.5) is 0 Å². The quantitative estimate of drug-likeness (QED) is 0.514. The Kier molecular flexibility index (Phi) is 5.71. The third kappa shape index (κ3) is 4.66. The van der Waals surface area contributed by atoms with Gasteiger partial charge in [-0.2, -0.15) is 0 Å². The van der Waals surface area contributed by atoms with Crippen molar-refractivity contribution < 1.29 is 4.79 Å². The Labute approximate surface area is 129 Å². The predicted octanol–water partition coefficient (Wildman–Crippen LogP) is 5.54. The maximum atomic E-state index is 11.8. The lowest BCUT2D eigenvalue weighted by molar-refractivity contribution is 0.0982. The molecule has 0 aliphatic carbocycles. The van der Waals surface area contributed by atoms with E-state index in [1.54, 1.807) is 6.07 Å². The van der Waals surface area contributed by atoms with Gasteiger partial charge in [0.15, 0.2) is 5.78 Å². The maximum Gasteiger partial charge on any atom is 0.207 e. The van der Waals surface area contributed by atoms with Crippen LogP contribution in [0.1, 0.15) is 16.8 Å². The van der Waals surface area contributed by atoms with Crippen LogP contribution >= 0.6 is 69.6 Å². The minimum Gasteiger partial charge on any atom is -0.294 e. The molecule has 1 rings (SSSR count). The van der Waals surface area contributed by atoms with Crippen LogP contribution in [0, 0.1) is 0 Å². The molecule has 1 aromatic carbocycles. The van der Waals surface area contributed by atoms with E-state index in [0.717, 1.165) is 0 Å². The summed E-state index contributed by atoms with van der Waals surface area (Å²) in [7, 11) is 0. The molecule has 0 saturated heterocycles. The van der Waals surface area contributed by atoms with Crippen LogP contribution in [0.25, 0.3) is 0 Å². The first-order valence-electron chi connectivity index (χ1n) is 4.41. The number of carbonyl (C=O) groups is 1. The summed E-state index contributed by atoms with van der Waals surface area (Å²) in [6.45, 7) is 0. The summed E-state index contributed by atoms with van der Waals surface area (Å²) in [5.74, 6) is -0.307. The Morgan fingerprint density at radius 3 is 2.29 bits per heavy atom. The third-order valence-corrected chi connectivity index (χ3v) is 4.11. The van der Waals surface area contributed by atoms with Gasteiger partial charge in [-0.05, 0) is 18.2 Å². The molecule has 0 saturated carbocycles. The van der Waals surface area contributed by atoms with Gasteiger partial charge in [0, 0.05) is 17.0 Å². The third-order valence-electron chi connectivity index (χ3n) is 1.95. The molecule has 0 aromatic heterocycles. The van der Waals surface area contributed by atoms with Gasteiger partial charge < -0.3 is 0 Å². The van der Waals surface area contributed by atoms with Crippen molar-refractivity contribution in [1.29, 1.82) is 0 Å². The lowest BCUT2D eigenvalue weighted by Gasteiger charge is -2.17. The van der Waals surface area contributed by atoms with Gasteiger partial charge in [-0.15, -0.1) is 11.6 Å². The molecule has 0 amide bonds. The molecule has 1 aromatic rings. The van der Waals surface area contributed by atoms with Crippen molar-refractivity contribution in [1.82, 2.24) is 0 Å².